The number of hydrogen-bond acceptors (Lipinski definition) is 5. The van der Waals surface area contributed by atoms with Crippen molar-refractivity contribution in [3.63, 3.8) is 0 Å². The summed E-state index contributed by atoms with van der Waals surface area (Å²) in [6.45, 7) is 5.32. The first kappa shape index (κ1) is 17.9. The van der Waals surface area contributed by atoms with Crippen molar-refractivity contribution in [2.24, 2.45) is 17.3 Å². The standard InChI is InChI=1S/C17H22N2O5/c1-6-7-18-9-13(20)19(16(18)22)10-24-15(21)14-12(17(14,3)4)8-11(2)23-5/h1,8,12,14H,7,9-10H2,2-5H3/b11-8-/t12-,14-/m0/s1. The van der Waals surface area contributed by atoms with Gasteiger partial charge in [0.15, 0.2) is 6.73 Å². The molecule has 1 heterocycles. The van der Waals surface area contributed by atoms with E-state index >= 15 is 0 Å². The van der Waals surface area contributed by atoms with E-state index in [1.54, 1.807) is 7.11 Å². The average molecular weight is 334 g/mol. The predicted molar refractivity (Wildman–Crippen MR) is 85.1 cm³/mol. The molecule has 0 unspecified atom stereocenters. The van der Waals surface area contributed by atoms with Crippen molar-refractivity contribution in [2.45, 2.75) is 20.8 Å². The van der Waals surface area contributed by atoms with Crippen LogP contribution in [0, 0.1) is 29.6 Å². The molecule has 2 aliphatic rings. The van der Waals surface area contributed by atoms with E-state index in [0.29, 0.717) is 0 Å². The van der Waals surface area contributed by atoms with Crippen LogP contribution in [-0.4, -0.2) is 54.6 Å². The summed E-state index contributed by atoms with van der Waals surface area (Å²) in [5, 5.41) is 0. The van der Waals surface area contributed by atoms with Crippen LogP contribution < -0.4 is 0 Å². The summed E-state index contributed by atoms with van der Waals surface area (Å²) in [5.41, 5.74) is -0.245. The molecular weight excluding hydrogens is 312 g/mol. The molecule has 0 N–H and O–H groups in total. The zero-order valence-corrected chi connectivity index (χ0v) is 14.4. The van der Waals surface area contributed by atoms with Crippen LogP contribution in [-0.2, 0) is 19.1 Å². The van der Waals surface area contributed by atoms with Crippen molar-refractivity contribution < 1.29 is 23.9 Å². The van der Waals surface area contributed by atoms with E-state index in [2.05, 4.69) is 5.92 Å². The molecule has 1 saturated heterocycles. The van der Waals surface area contributed by atoms with Crippen molar-refractivity contribution >= 4 is 17.9 Å². The fourth-order valence-electron chi connectivity index (χ4n) is 2.93. The topological polar surface area (TPSA) is 76.2 Å². The largest absolute Gasteiger partial charge is 0.502 e. The molecule has 0 aromatic carbocycles. The summed E-state index contributed by atoms with van der Waals surface area (Å²) in [7, 11) is 1.57. The van der Waals surface area contributed by atoms with E-state index in [0.717, 1.165) is 10.7 Å². The molecule has 0 aromatic heterocycles. The molecule has 7 heteroatoms. The highest BCUT2D eigenvalue weighted by Crippen LogP contribution is 2.59. The Balaban J connectivity index is 1.94. The molecule has 130 valence electrons. The number of imide groups is 1. The van der Waals surface area contributed by atoms with Gasteiger partial charge in [-0.25, -0.2) is 9.69 Å². The zero-order chi connectivity index (χ0) is 18.1. The molecule has 24 heavy (non-hydrogen) atoms. The van der Waals surface area contributed by atoms with Gasteiger partial charge in [-0.15, -0.1) is 6.42 Å². The quantitative estimate of drug-likeness (QED) is 0.316. The number of ether oxygens (including phenoxy) is 2. The lowest BCUT2D eigenvalue weighted by molar-refractivity contribution is -0.151. The lowest BCUT2D eigenvalue weighted by Gasteiger charge is -2.15. The van der Waals surface area contributed by atoms with E-state index in [1.165, 1.54) is 4.90 Å². The number of esters is 1. The van der Waals surface area contributed by atoms with Crippen LogP contribution in [0.25, 0.3) is 0 Å². The third-order valence-corrected chi connectivity index (χ3v) is 4.65. The average Bonchev–Trinajstić information content (AvgIpc) is 2.94. The van der Waals surface area contributed by atoms with Gasteiger partial charge < -0.3 is 14.4 Å². The Labute approximate surface area is 141 Å². The Bertz CT molecular complexity index is 631. The third-order valence-electron chi connectivity index (χ3n) is 4.65. The second-order valence-electron chi connectivity index (χ2n) is 6.56. The molecule has 2 rings (SSSR count). The number of carbonyl (C=O) groups excluding carboxylic acids is 3. The minimum absolute atomic E-state index is 0.00729. The Kier molecular flexibility index (Phi) is 4.88. The van der Waals surface area contributed by atoms with Crippen LogP contribution in [0.15, 0.2) is 11.8 Å². The minimum atomic E-state index is -0.535. The van der Waals surface area contributed by atoms with Gasteiger partial charge in [0.1, 0.15) is 6.54 Å². The summed E-state index contributed by atoms with van der Waals surface area (Å²) in [5.74, 6) is 1.88. The van der Waals surface area contributed by atoms with E-state index in [4.69, 9.17) is 15.9 Å². The highest BCUT2D eigenvalue weighted by Gasteiger charge is 2.61. The van der Waals surface area contributed by atoms with E-state index in [1.807, 2.05) is 26.8 Å². The maximum Gasteiger partial charge on any atom is 0.330 e. The van der Waals surface area contributed by atoms with Crippen LogP contribution in [0.4, 0.5) is 4.79 Å². The normalized spacial score (nSPS) is 25.5. The van der Waals surface area contributed by atoms with Crippen LogP contribution in [0.2, 0.25) is 0 Å². The van der Waals surface area contributed by atoms with Gasteiger partial charge >= 0.3 is 12.0 Å². The lowest BCUT2D eigenvalue weighted by atomic mass is 10.1. The monoisotopic (exact) mass is 334 g/mol. The molecule has 1 saturated carbocycles. The molecule has 7 nitrogen and oxygen atoms in total. The molecule has 3 amide bonds. The Hall–Kier alpha value is -2.49. The van der Waals surface area contributed by atoms with Crippen molar-refractivity contribution in [3.8, 4) is 12.3 Å². The number of urea groups is 1. The Morgan fingerprint density at radius 3 is 2.71 bits per heavy atom. The summed E-state index contributed by atoms with van der Waals surface area (Å²) >= 11 is 0. The number of rotatable bonds is 6. The number of methoxy groups -OCH3 is 1. The van der Waals surface area contributed by atoms with Gasteiger partial charge in [0.2, 0.25) is 0 Å². The number of nitrogens with zero attached hydrogens (tertiary/aromatic N) is 2. The fourth-order valence-corrected chi connectivity index (χ4v) is 2.93. The van der Waals surface area contributed by atoms with Crippen LogP contribution >= 0.6 is 0 Å². The zero-order valence-electron chi connectivity index (χ0n) is 14.4. The van der Waals surface area contributed by atoms with Crippen LogP contribution in [0.1, 0.15) is 20.8 Å². The van der Waals surface area contributed by atoms with Crippen LogP contribution in [0.3, 0.4) is 0 Å². The highest BCUT2D eigenvalue weighted by molar-refractivity contribution is 6.02. The van der Waals surface area contributed by atoms with Crippen molar-refractivity contribution in [1.82, 2.24) is 9.80 Å². The maximum atomic E-state index is 12.3. The van der Waals surface area contributed by atoms with Crippen LogP contribution in [0.5, 0.6) is 0 Å². The second kappa shape index (κ2) is 6.56. The number of terminal acetylenes is 1. The number of hydrogen-bond donors (Lipinski definition) is 0. The molecule has 0 spiro atoms. The van der Waals surface area contributed by atoms with E-state index in [-0.39, 0.29) is 37.1 Å². The van der Waals surface area contributed by atoms with Gasteiger partial charge in [-0.05, 0) is 18.4 Å². The fraction of sp³-hybridized carbons (Fsp3) is 0.588. The first-order chi connectivity index (χ1) is 11.2. The first-order valence-corrected chi connectivity index (χ1v) is 7.65. The van der Waals surface area contributed by atoms with E-state index in [9.17, 15) is 14.4 Å². The molecule has 1 aliphatic heterocycles. The molecular formula is C17H22N2O5. The smallest absolute Gasteiger partial charge is 0.330 e. The van der Waals surface area contributed by atoms with Gasteiger partial charge in [-0.2, -0.15) is 0 Å². The Morgan fingerprint density at radius 1 is 1.46 bits per heavy atom. The summed E-state index contributed by atoms with van der Waals surface area (Å²) in [6, 6.07) is -0.535. The van der Waals surface area contributed by atoms with Crippen molar-refractivity contribution in [2.75, 3.05) is 26.9 Å². The maximum absolute atomic E-state index is 12.3. The minimum Gasteiger partial charge on any atom is -0.502 e. The number of allylic oxidation sites excluding steroid dienone is 2. The molecule has 2 atom stereocenters. The molecule has 1 aliphatic carbocycles. The van der Waals surface area contributed by atoms with Gasteiger partial charge in [0, 0.05) is 5.92 Å². The SMILES string of the molecule is C#CCN1CC(=O)N(COC(=O)[C@@H]2[C@H](/C=C(/C)OC)C2(C)C)C1=O. The van der Waals surface area contributed by atoms with Gasteiger partial charge in [-0.1, -0.05) is 19.8 Å². The van der Waals surface area contributed by atoms with Crippen molar-refractivity contribution in [1.29, 1.82) is 0 Å². The summed E-state index contributed by atoms with van der Waals surface area (Å²) < 4.78 is 10.3. The van der Waals surface area contributed by atoms with Gasteiger partial charge in [0.05, 0.1) is 25.3 Å². The first-order valence-electron chi connectivity index (χ1n) is 7.65. The lowest BCUT2D eigenvalue weighted by Crippen LogP contribution is -2.36. The second-order valence-corrected chi connectivity index (χ2v) is 6.56. The van der Waals surface area contributed by atoms with E-state index < -0.39 is 17.9 Å². The Morgan fingerprint density at radius 2 is 2.12 bits per heavy atom. The summed E-state index contributed by atoms with van der Waals surface area (Å²) in [6.07, 6.45) is 7.05. The molecule has 2 fully saturated rings. The van der Waals surface area contributed by atoms with Gasteiger partial charge in [0.25, 0.3) is 5.91 Å². The van der Waals surface area contributed by atoms with Crippen molar-refractivity contribution in [3.05, 3.63) is 11.8 Å². The number of amides is 3. The number of carbonyl (C=O) groups is 3. The molecule has 0 radical (unpaired) electrons. The molecule has 0 aromatic rings. The van der Waals surface area contributed by atoms with Gasteiger partial charge in [-0.3, -0.25) is 9.59 Å². The highest BCUT2D eigenvalue weighted by atomic mass is 16.5. The third kappa shape index (κ3) is 3.23. The molecule has 0 bridgehead atoms. The predicted octanol–water partition coefficient (Wildman–Crippen LogP) is 1.21. The summed E-state index contributed by atoms with van der Waals surface area (Å²) in [4.78, 5) is 38.2.